The van der Waals surface area contributed by atoms with E-state index in [1.807, 2.05) is 18.2 Å². The number of amides is 3. The van der Waals surface area contributed by atoms with E-state index in [2.05, 4.69) is 36.7 Å². The Labute approximate surface area is 125 Å². The summed E-state index contributed by atoms with van der Waals surface area (Å²) >= 11 is 0. The Balaban J connectivity index is 1.75. The second kappa shape index (κ2) is 6.16. The Hall–Kier alpha value is -2.04. The fourth-order valence-electron chi connectivity index (χ4n) is 2.17. The molecule has 3 amide bonds. The van der Waals surface area contributed by atoms with Crippen LogP contribution in [0, 0.1) is 5.41 Å². The van der Waals surface area contributed by atoms with Crippen LogP contribution in [0.15, 0.2) is 18.2 Å². The molecule has 21 heavy (non-hydrogen) atoms. The van der Waals surface area contributed by atoms with Crippen molar-refractivity contribution in [1.82, 2.24) is 10.6 Å². The van der Waals surface area contributed by atoms with Crippen LogP contribution in [0.2, 0.25) is 0 Å². The first kappa shape index (κ1) is 15.4. The maximum Gasteiger partial charge on any atom is 0.314 e. The van der Waals surface area contributed by atoms with Gasteiger partial charge < -0.3 is 16.0 Å². The quantitative estimate of drug-likeness (QED) is 0.794. The Morgan fingerprint density at radius 3 is 2.76 bits per heavy atom. The van der Waals surface area contributed by atoms with Crippen molar-refractivity contribution >= 4 is 17.6 Å². The molecule has 1 aliphatic heterocycles. The molecule has 0 bridgehead atoms. The molecular weight excluding hydrogens is 266 g/mol. The highest BCUT2D eigenvalue weighted by Gasteiger charge is 2.17. The zero-order valence-electron chi connectivity index (χ0n) is 12.9. The molecule has 0 saturated heterocycles. The lowest BCUT2D eigenvalue weighted by atomic mass is 9.97. The van der Waals surface area contributed by atoms with Crippen LogP contribution in [0.5, 0.6) is 0 Å². The molecule has 5 nitrogen and oxygen atoms in total. The number of benzene rings is 1. The van der Waals surface area contributed by atoms with Crippen LogP contribution < -0.4 is 16.0 Å². The Kier molecular flexibility index (Phi) is 4.50. The largest absolute Gasteiger partial charge is 0.338 e. The topological polar surface area (TPSA) is 70.2 Å². The van der Waals surface area contributed by atoms with Gasteiger partial charge in [-0.05, 0) is 29.0 Å². The Bertz CT molecular complexity index is 547. The van der Waals surface area contributed by atoms with Crippen molar-refractivity contribution in [2.24, 2.45) is 5.41 Å². The molecule has 0 fully saturated rings. The number of hydrogen-bond acceptors (Lipinski definition) is 2. The van der Waals surface area contributed by atoms with Gasteiger partial charge in [0.25, 0.3) is 0 Å². The van der Waals surface area contributed by atoms with Crippen LogP contribution in [0.3, 0.4) is 0 Å². The molecule has 0 saturated carbocycles. The van der Waals surface area contributed by atoms with Crippen LogP contribution in [0.25, 0.3) is 0 Å². The van der Waals surface area contributed by atoms with Gasteiger partial charge in [-0.3, -0.25) is 4.79 Å². The lowest BCUT2D eigenvalue weighted by Gasteiger charge is -2.18. The van der Waals surface area contributed by atoms with Crippen LogP contribution in [-0.4, -0.2) is 25.0 Å². The van der Waals surface area contributed by atoms with Gasteiger partial charge in [-0.1, -0.05) is 32.9 Å². The molecule has 1 aromatic carbocycles. The summed E-state index contributed by atoms with van der Waals surface area (Å²) in [5.41, 5.74) is 3.15. The van der Waals surface area contributed by atoms with Crippen LogP contribution in [0.4, 0.5) is 10.5 Å². The molecule has 1 aliphatic rings. The zero-order valence-corrected chi connectivity index (χ0v) is 12.9. The average molecular weight is 289 g/mol. The summed E-state index contributed by atoms with van der Waals surface area (Å²) in [5.74, 6) is 0.0434. The molecule has 5 heteroatoms. The molecule has 0 atom stereocenters. The number of hydrogen-bond donors (Lipinski definition) is 3. The van der Waals surface area contributed by atoms with Crippen molar-refractivity contribution in [2.45, 2.75) is 33.6 Å². The molecule has 1 aromatic rings. The third kappa shape index (κ3) is 4.77. The van der Waals surface area contributed by atoms with E-state index in [9.17, 15) is 9.59 Å². The molecule has 0 unspecified atom stereocenters. The minimum Gasteiger partial charge on any atom is -0.338 e. The first-order chi connectivity index (χ1) is 9.83. The number of rotatable bonds is 4. The van der Waals surface area contributed by atoms with Crippen LogP contribution in [0.1, 0.15) is 31.9 Å². The minimum atomic E-state index is -0.136. The monoisotopic (exact) mass is 289 g/mol. The first-order valence-corrected chi connectivity index (χ1v) is 7.27. The predicted octanol–water partition coefficient (Wildman–Crippen LogP) is 2.07. The van der Waals surface area contributed by atoms with Gasteiger partial charge in [-0.25, -0.2) is 4.79 Å². The van der Waals surface area contributed by atoms with E-state index in [-0.39, 0.29) is 17.4 Å². The average Bonchev–Trinajstić information content (AvgIpc) is 2.75. The summed E-state index contributed by atoms with van der Waals surface area (Å²) in [6.45, 7) is 7.45. The molecule has 3 N–H and O–H groups in total. The van der Waals surface area contributed by atoms with Crippen molar-refractivity contribution in [2.75, 3.05) is 18.4 Å². The number of anilines is 1. The van der Waals surface area contributed by atoms with Crippen molar-refractivity contribution in [3.05, 3.63) is 29.3 Å². The maximum absolute atomic E-state index is 11.6. The lowest BCUT2D eigenvalue weighted by Crippen LogP contribution is -2.40. The second-order valence-electron chi connectivity index (χ2n) is 6.64. The van der Waals surface area contributed by atoms with Gasteiger partial charge in [0.05, 0.1) is 6.42 Å². The SMILES string of the molecule is CC(C)(C)CNC(=O)NCCc1ccc2c(c1)CC(=O)N2. The molecule has 0 spiro atoms. The van der Waals surface area contributed by atoms with E-state index in [0.717, 1.165) is 23.2 Å². The van der Waals surface area contributed by atoms with Crippen LogP contribution >= 0.6 is 0 Å². The number of urea groups is 1. The molecule has 114 valence electrons. The summed E-state index contributed by atoms with van der Waals surface area (Å²) in [5, 5.41) is 8.51. The first-order valence-electron chi connectivity index (χ1n) is 7.27. The van der Waals surface area contributed by atoms with Gasteiger partial charge in [0.15, 0.2) is 0 Å². The van der Waals surface area contributed by atoms with Gasteiger partial charge in [-0.2, -0.15) is 0 Å². The predicted molar refractivity (Wildman–Crippen MR) is 83.3 cm³/mol. The van der Waals surface area contributed by atoms with Crippen molar-refractivity contribution in [3.63, 3.8) is 0 Å². The zero-order chi connectivity index (χ0) is 15.5. The fraction of sp³-hybridized carbons (Fsp3) is 0.500. The number of carbonyl (C=O) groups excluding carboxylic acids is 2. The molecule has 0 aliphatic carbocycles. The Morgan fingerprint density at radius 2 is 2.05 bits per heavy atom. The van der Waals surface area contributed by atoms with E-state index >= 15 is 0 Å². The number of nitrogens with one attached hydrogen (secondary N) is 3. The van der Waals surface area contributed by atoms with E-state index in [0.29, 0.717) is 19.5 Å². The van der Waals surface area contributed by atoms with Crippen molar-refractivity contribution in [3.8, 4) is 0 Å². The third-order valence-corrected chi connectivity index (χ3v) is 3.27. The Morgan fingerprint density at radius 1 is 1.29 bits per heavy atom. The molecule has 0 radical (unpaired) electrons. The molecule has 0 aromatic heterocycles. The fourth-order valence-corrected chi connectivity index (χ4v) is 2.17. The summed E-state index contributed by atoms with van der Waals surface area (Å²) in [7, 11) is 0. The summed E-state index contributed by atoms with van der Waals surface area (Å²) in [6, 6.07) is 5.80. The normalized spacial score (nSPS) is 13.6. The van der Waals surface area contributed by atoms with Crippen LogP contribution in [-0.2, 0) is 17.6 Å². The van der Waals surface area contributed by atoms with E-state index in [1.165, 1.54) is 0 Å². The van der Waals surface area contributed by atoms with Gasteiger partial charge >= 0.3 is 6.03 Å². The lowest BCUT2D eigenvalue weighted by molar-refractivity contribution is -0.115. The summed E-state index contributed by atoms with van der Waals surface area (Å²) < 4.78 is 0. The van der Waals surface area contributed by atoms with Gasteiger partial charge in [0.1, 0.15) is 0 Å². The van der Waals surface area contributed by atoms with E-state index < -0.39 is 0 Å². The highest BCUT2D eigenvalue weighted by atomic mass is 16.2. The standard InChI is InChI=1S/C16H23N3O2/c1-16(2,3)10-18-15(21)17-7-6-11-4-5-13-12(8-11)9-14(20)19-13/h4-5,8H,6-7,9-10H2,1-3H3,(H,19,20)(H2,17,18,21). The maximum atomic E-state index is 11.6. The summed E-state index contributed by atoms with van der Waals surface area (Å²) in [4.78, 5) is 22.9. The smallest absolute Gasteiger partial charge is 0.314 e. The minimum absolute atomic E-state index is 0.0434. The molecule has 1 heterocycles. The highest BCUT2D eigenvalue weighted by molar-refractivity contribution is 5.99. The highest BCUT2D eigenvalue weighted by Crippen LogP contribution is 2.23. The van der Waals surface area contributed by atoms with E-state index in [1.54, 1.807) is 0 Å². The van der Waals surface area contributed by atoms with Gasteiger partial charge in [0.2, 0.25) is 5.91 Å². The second-order valence-corrected chi connectivity index (χ2v) is 6.64. The van der Waals surface area contributed by atoms with Gasteiger partial charge in [-0.15, -0.1) is 0 Å². The third-order valence-electron chi connectivity index (χ3n) is 3.27. The van der Waals surface area contributed by atoms with Crippen molar-refractivity contribution in [1.29, 1.82) is 0 Å². The summed E-state index contributed by atoms with van der Waals surface area (Å²) in [6.07, 6.45) is 1.20. The molecule has 2 rings (SSSR count). The number of carbonyl (C=O) groups is 2. The van der Waals surface area contributed by atoms with Gasteiger partial charge in [0, 0.05) is 18.8 Å². The molecular formula is C16H23N3O2. The van der Waals surface area contributed by atoms with Crippen molar-refractivity contribution < 1.29 is 9.59 Å². The number of fused-ring (bicyclic) bond motifs is 1. The van der Waals surface area contributed by atoms with E-state index in [4.69, 9.17) is 0 Å².